The Balaban J connectivity index is 1.77. The zero-order chi connectivity index (χ0) is 18.7. The first-order valence-corrected chi connectivity index (χ1v) is 8.01. The number of carbonyl (C=O) groups excluding carboxylic acids is 1. The number of nitrogens with one attached hydrogen (secondary N) is 2. The Morgan fingerprint density at radius 3 is 2.85 bits per heavy atom. The number of carbonyl (C=O) groups is 1. The van der Waals surface area contributed by atoms with Crippen molar-refractivity contribution < 1.29 is 18.7 Å². The average molecular weight is 357 g/mol. The second kappa shape index (κ2) is 7.30. The highest BCUT2D eigenvalue weighted by Gasteiger charge is 2.21. The molecule has 2 aromatic heterocycles. The Kier molecular flexibility index (Phi) is 4.92. The minimum Gasteiger partial charge on any atom is -0.497 e. The minimum absolute atomic E-state index is 0.144. The lowest BCUT2D eigenvalue weighted by Gasteiger charge is -2.11. The number of benzene rings is 1. The molecule has 3 aromatic rings. The van der Waals surface area contributed by atoms with Gasteiger partial charge in [-0.3, -0.25) is 9.59 Å². The van der Waals surface area contributed by atoms with Gasteiger partial charge >= 0.3 is 0 Å². The van der Waals surface area contributed by atoms with E-state index in [4.69, 9.17) is 13.9 Å². The molecule has 0 aliphatic rings. The Morgan fingerprint density at radius 1 is 1.31 bits per heavy atom. The quantitative estimate of drug-likeness (QED) is 0.697. The molecule has 8 nitrogen and oxygen atoms in total. The molecule has 0 saturated heterocycles. The number of fused-ring (bicyclic) bond motifs is 1. The SMILES string of the molecule is COc1ccc(OC)c(CCNC(=O)c2c(C)oc3nc[nH]c(=O)c23)c1. The predicted molar refractivity (Wildman–Crippen MR) is 94.9 cm³/mol. The highest BCUT2D eigenvalue weighted by molar-refractivity contribution is 6.06. The number of ether oxygens (including phenoxy) is 2. The number of furan rings is 1. The van der Waals surface area contributed by atoms with Crippen LogP contribution in [-0.2, 0) is 6.42 Å². The van der Waals surface area contributed by atoms with Gasteiger partial charge in [0, 0.05) is 6.54 Å². The maximum atomic E-state index is 12.6. The van der Waals surface area contributed by atoms with E-state index in [0.717, 1.165) is 5.56 Å². The Hall–Kier alpha value is -3.29. The Labute approximate surface area is 149 Å². The maximum Gasteiger partial charge on any atom is 0.262 e. The fraction of sp³-hybridized carbons (Fsp3) is 0.278. The van der Waals surface area contributed by atoms with Crippen molar-refractivity contribution in [2.45, 2.75) is 13.3 Å². The molecule has 0 saturated carbocycles. The lowest BCUT2D eigenvalue weighted by molar-refractivity contribution is 0.0954. The molecule has 0 spiro atoms. The summed E-state index contributed by atoms with van der Waals surface area (Å²) in [6.07, 6.45) is 1.78. The monoisotopic (exact) mass is 357 g/mol. The number of H-pyrrole nitrogens is 1. The van der Waals surface area contributed by atoms with Crippen LogP contribution >= 0.6 is 0 Å². The number of methoxy groups -OCH3 is 2. The second-order valence-corrected chi connectivity index (χ2v) is 5.63. The first-order valence-electron chi connectivity index (χ1n) is 8.01. The molecular weight excluding hydrogens is 338 g/mol. The fourth-order valence-corrected chi connectivity index (χ4v) is 2.80. The van der Waals surface area contributed by atoms with Gasteiger partial charge in [-0.25, -0.2) is 4.98 Å². The van der Waals surface area contributed by atoms with Crippen LogP contribution in [0.4, 0.5) is 0 Å². The van der Waals surface area contributed by atoms with E-state index in [1.807, 2.05) is 12.1 Å². The molecule has 0 fully saturated rings. The first-order chi connectivity index (χ1) is 12.5. The standard InChI is InChI=1S/C18H19N3O5/c1-10-14(15-17(23)20-9-21-18(15)26-10)16(22)19-7-6-11-8-12(24-2)4-5-13(11)25-3/h4-5,8-9H,6-7H2,1-3H3,(H,19,22)(H,20,21,23). The minimum atomic E-state index is -0.411. The summed E-state index contributed by atoms with van der Waals surface area (Å²) in [4.78, 5) is 31.0. The summed E-state index contributed by atoms with van der Waals surface area (Å²) in [6.45, 7) is 1.98. The van der Waals surface area contributed by atoms with Crippen molar-refractivity contribution in [1.29, 1.82) is 0 Å². The number of hydrogen-bond donors (Lipinski definition) is 2. The third-order valence-electron chi connectivity index (χ3n) is 4.06. The lowest BCUT2D eigenvalue weighted by Crippen LogP contribution is -2.27. The molecule has 0 atom stereocenters. The van der Waals surface area contributed by atoms with Crippen LogP contribution in [0, 0.1) is 6.92 Å². The van der Waals surface area contributed by atoms with Crippen molar-refractivity contribution >= 4 is 17.0 Å². The third-order valence-corrected chi connectivity index (χ3v) is 4.06. The van der Waals surface area contributed by atoms with E-state index in [-0.39, 0.29) is 22.6 Å². The second-order valence-electron chi connectivity index (χ2n) is 5.63. The number of amides is 1. The van der Waals surface area contributed by atoms with E-state index in [1.165, 1.54) is 6.33 Å². The van der Waals surface area contributed by atoms with Crippen molar-refractivity contribution in [3.05, 3.63) is 51.8 Å². The van der Waals surface area contributed by atoms with Crippen LogP contribution in [0.2, 0.25) is 0 Å². The van der Waals surface area contributed by atoms with Gasteiger partial charge in [-0.05, 0) is 37.1 Å². The molecule has 1 aromatic carbocycles. The first kappa shape index (κ1) is 17.5. The van der Waals surface area contributed by atoms with Crippen LogP contribution in [0.1, 0.15) is 21.7 Å². The van der Waals surface area contributed by atoms with Gasteiger partial charge < -0.3 is 24.2 Å². The summed E-state index contributed by atoms with van der Waals surface area (Å²) in [5.41, 5.74) is 0.838. The Morgan fingerprint density at radius 2 is 2.12 bits per heavy atom. The van der Waals surface area contributed by atoms with E-state index in [1.54, 1.807) is 27.2 Å². The van der Waals surface area contributed by atoms with Gasteiger partial charge in [0.25, 0.3) is 11.5 Å². The topological polar surface area (TPSA) is 106 Å². The molecule has 8 heteroatoms. The van der Waals surface area contributed by atoms with Crippen LogP contribution in [0.25, 0.3) is 11.1 Å². The Bertz CT molecular complexity index is 1010. The van der Waals surface area contributed by atoms with Crippen LogP contribution < -0.4 is 20.3 Å². The summed E-state index contributed by atoms with van der Waals surface area (Å²) < 4.78 is 16.0. The molecule has 26 heavy (non-hydrogen) atoms. The van der Waals surface area contributed by atoms with Gasteiger partial charge in [0.15, 0.2) is 0 Å². The van der Waals surface area contributed by atoms with Crippen molar-refractivity contribution in [2.24, 2.45) is 0 Å². The van der Waals surface area contributed by atoms with Crippen molar-refractivity contribution in [3.63, 3.8) is 0 Å². The van der Waals surface area contributed by atoms with E-state index in [2.05, 4.69) is 15.3 Å². The summed E-state index contributed by atoms with van der Waals surface area (Å²) in [7, 11) is 3.18. The molecule has 0 bridgehead atoms. The highest BCUT2D eigenvalue weighted by Crippen LogP contribution is 2.24. The molecular formula is C18H19N3O5. The van der Waals surface area contributed by atoms with Crippen LogP contribution in [0.15, 0.2) is 33.7 Å². The summed E-state index contributed by atoms with van der Waals surface area (Å²) >= 11 is 0. The van der Waals surface area contributed by atoms with Gasteiger partial charge in [0.1, 0.15) is 22.6 Å². The normalized spacial score (nSPS) is 10.7. The largest absolute Gasteiger partial charge is 0.497 e. The van der Waals surface area contributed by atoms with Gasteiger partial charge in [-0.2, -0.15) is 0 Å². The lowest BCUT2D eigenvalue weighted by atomic mass is 10.1. The van der Waals surface area contributed by atoms with Crippen molar-refractivity contribution in [1.82, 2.24) is 15.3 Å². The number of aryl methyl sites for hydroxylation is 1. The zero-order valence-corrected chi connectivity index (χ0v) is 14.7. The zero-order valence-electron chi connectivity index (χ0n) is 14.7. The maximum absolute atomic E-state index is 12.6. The number of rotatable bonds is 6. The van der Waals surface area contributed by atoms with Crippen molar-refractivity contribution in [2.75, 3.05) is 20.8 Å². The van der Waals surface area contributed by atoms with Crippen LogP contribution in [0.5, 0.6) is 11.5 Å². The summed E-state index contributed by atoms with van der Waals surface area (Å²) in [5.74, 6) is 1.38. The summed E-state index contributed by atoms with van der Waals surface area (Å²) in [5, 5.41) is 2.96. The van der Waals surface area contributed by atoms with E-state index < -0.39 is 5.56 Å². The average Bonchev–Trinajstić information content (AvgIpc) is 2.98. The van der Waals surface area contributed by atoms with Crippen molar-refractivity contribution in [3.8, 4) is 11.5 Å². The molecule has 1 amide bonds. The van der Waals surface area contributed by atoms with E-state index >= 15 is 0 Å². The summed E-state index contributed by atoms with van der Waals surface area (Å²) in [6, 6.07) is 5.48. The number of hydrogen-bond acceptors (Lipinski definition) is 6. The molecule has 2 N–H and O–H groups in total. The van der Waals surface area contributed by atoms with Crippen LogP contribution in [0.3, 0.4) is 0 Å². The predicted octanol–water partition coefficient (Wildman–Crippen LogP) is 1.81. The smallest absolute Gasteiger partial charge is 0.262 e. The molecule has 0 unspecified atom stereocenters. The number of aromatic nitrogens is 2. The number of nitrogens with zero attached hydrogens (tertiary/aromatic N) is 1. The van der Waals surface area contributed by atoms with Gasteiger partial charge in [0.05, 0.1) is 26.1 Å². The fourth-order valence-electron chi connectivity index (χ4n) is 2.80. The van der Waals surface area contributed by atoms with E-state index in [9.17, 15) is 9.59 Å². The molecule has 136 valence electrons. The van der Waals surface area contributed by atoms with Gasteiger partial charge in [-0.15, -0.1) is 0 Å². The van der Waals surface area contributed by atoms with Gasteiger partial charge in [0.2, 0.25) is 5.71 Å². The molecule has 0 radical (unpaired) electrons. The molecule has 3 rings (SSSR count). The number of aromatic amines is 1. The molecule has 0 aliphatic heterocycles. The van der Waals surface area contributed by atoms with E-state index in [0.29, 0.717) is 30.2 Å². The molecule has 2 heterocycles. The van der Waals surface area contributed by atoms with Crippen LogP contribution in [-0.4, -0.2) is 36.6 Å². The highest BCUT2D eigenvalue weighted by atomic mass is 16.5. The third kappa shape index (κ3) is 3.26. The van der Waals surface area contributed by atoms with Gasteiger partial charge in [-0.1, -0.05) is 0 Å². The molecule has 0 aliphatic carbocycles.